The molecule has 120 valence electrons. The molecule has 2 atom stereocenters. The summed E-state index contributed by atoms with van der Waals surface area (Å²) in [5.74, 6) is 1.15. The number of rotatable bonds is 4. The van der Waals surface area contributed by atoms with E-state index in [1.165, 1.54) is 5.56 Å². The second-order valence-electron chi connectivity index (χ2n) is 5.32. The van der Waals surface area contributed by atoms with Crippen molar-refractivity contribution in [3.8, 4) is 0 Å². The predicted molar refractivity (Wildman–Crippen MR) is 84.4 cm³/mol. The molecule has 2 heterocycles. The van der Waals surface area contributed by atoms with Crippen LogP contribution in [0.5, 0.6) is 0 Å². The number of nitrogens with two attached hydrogens (primary N) is 1. The molecule has 1 aliphatic rings. The van der Waals surface area contributed by atoms with Gasteiger partial charge in [0.05, 0.1) is 25.8 Å². The maximum atomic E-state index is 5.94. The summed E-state index contributed by atoms with van der Waals surface area (Å²) in [6, 6.07) is 10.6. The van der Waals surface area contributed by atoms with Crippen molar-refractivity contribution < 1.29 is 9.26 Å². The molecular formula is C15H21ClN4O2. The summed E-state index contributed by atoms with van der Waals surface area (Å²) >= 11 is 0. The number of hydrogen-bond donors (Lipinski definition) is 1. The molecule has 0 bridgehead atoms. The number of ether oxygens (including phenoxy) is 1. The van der Waals surface area contributed by atoms with Crippen LogP contribution in [0.1, 0.15) is 30.3 Å². The Morgan fingerprint density at radius 2 is 2.09 bits per heavy atom. The first-order valence-electron chi connectivity index (χ1n) is 7.18. The molecule has 1 aromatic carbocycles. The van der Waals surface area contributed by atoms with E-state index in [9.17, 15) is 0 Å². The highest BCUT2D eigenvalue weighted by molar-refractivity contribution is 5.85. The fourth-order valence-corrected chi connectivity index (χ4v) is 2.52. The first-order valence-corrected chi connectivity index (χ1v) is 7.18. The normalized spacial score (nSPS) is 22.3. The summed E-state index contributed by atoms with van der Waals surface area (Å²) in [7, 11) is 0. The smallest absolute Gasteiger partial charge is 0.240 e. The molecule has 0 radical (unpaired) electrons. The van der Waals surface area contributed by atoms with Crippen molar-refractivity contribution in [3.05, 3.63) is 47.6 Å². The number of nitrogens with zero attached hydrogens (tertiary/aromatic N) is 3. The van der Waals surface area contributed by atoms with Gasteiger partial charge in [-0.25, -0.2) is 0 Å². The van der Waals surface area contributed by atoms with Gasteiger partial charge in [-0.05, 0) is 12.5 Å². The zero-order chi connectivity index (χ0) is 14.7. The first-order chi connectivity index (χ1) is 10.3. The van der Waals surface area contributed by atoms with E-state index < -0.39 is 0 Å². The van der Waals surface area contributed by atoms with Crippen molar-refractivity contribution >= 4 is 12.4 Å². The van der Waals surface area contributed by atoms with Crippen LogP contribution < -0.4 is 5.73 Å². The van der Waals surface area contributed by atoms with Gasteiger partial charge in [-0.2, -0.15) is 4.98 Å². The summed E-state index contributed by atoms with van der Waals surface area (Å²) in [6.45, 7) is 4.58. The Balaban J connectivity index is 0.00000176. The van der Waals surface area contributed by atoms with E-state index in [2.05, 4.69) is 34.1 Å². The zero-order valence-corrected chi connectivity index (χ0v) is 13.3. The van der Waals surface area contributed by atoms with Gasteiger partial charge in [0.15, 0.2) is 5.82 Å². The highest BCUT2D eigenvalue weighted by atomic mass is 35.5. The molecule has 1 fully saturated rings. The quantitative estimate of drug-likeness (QED) is 0.925. The van der Waals surface area contributed by atoms with Gasteiger partial charge in [0.25, 0.3) is 0 Å². The van der Waals surface area contributed by atoms with Gasteiger partial charge in [-0.15, -0.1) is 12.4 Å². The lowest BCUT2D eigenvalue weighted by Gasteiger charge is -2.37. The molecule has 22 heavy (non-hydrogen) atoms. The minimum Gasteiger partial charge on any atom is -0.371 e. The molecule has 0 amide bonds. The molecule has 1 aromatic heterocycles. The average Bonchev–Trinajstić information content (AvgIpc) is 2.98. The second-order valence-corrected chi connectivity index (χ2v) is 5.32. The lowest BCUT2D eigenvalue weighted by atomic mass is 10.1. The van der Waals surface area contributed by atoms with Gasteiger partial charge >= 0.3 is 0 Å². The standard InChI is InChI=1S/C15H20N4O2.ClH/c1-11-10-20-13(12-5-3-2-4-6-12)8-19(11)9-14-17-15(7-16)21-18-14;/h2-6,11,13H,7-10,16H2,1H3;1H. The number of halogens is 1. The Hall–Kier alpha value is -1.47. The molecule has 2 unspecified atom stereocenters. The van der Waals surface area contributed by atoms with Crippen LogP contribution in [-0.2, 0) is 17.8 Å². The molecule has 2 aromatic rings. The molecule has 6 nitrogen and oxygen atoms in total. The van der Waals surface area contributed by atoms with Crippen molar-refractivity contribution in [3.63, 3.8) is 0 Å². The van der Waals surface area contributed by atoms with E-state index in [0.29, 0.717) is 30.9 Å². The predicted octanol–water partition coefficient (Wildman–Crippen LogP) is 1.91. The minimum atomic E-state index is 0. The van der Waals surface area contributed by atoms with Crippen LogP contribution in [0.15, 0.2) is 34.9 Å². The average molecular weight is 325 g/mol. The second kappa shape index (κ2) is 7.69. The monoisotopic (exact) mass is 324 g/mol. The van der Waals surface area contributed by atoms with Crippen LogP contribution in [0.2, 0.25) is 0 Å². The van der Waals surface area contributed by atoms with Crippen LogP contribution in [0.3, 0.4) is 0 Å². The Labute approximate surface area is 136 Å². The molecule has 0 aliphatic carbocycles. The highest BCUT2D eigenvalue weighted by Gasteiger charge is 2.28. The van der Waals surface area contributed by atoms with Crippen LogP contribution in [-0.4, -0.2) is 34.2 Å². The lowest BCUT2D eigenvalue weighted by Crippen LogP contribution is -2.44. The first kappa shape index (κ1) is 16.9. The van der Waals surface area contributed by atoms with Crippen LogP contribution in [0.4, 0.5) is 0 Å². The maximum absolute atomic E-state index is 5.94. The SMILES string of the molecule is CC1COC(c2ccccc2)CN1Cc1noc(CN)n1.Cl. The number of hydrogen-bond acceptors (Lipinski definition) is 6. The topological polar surface area (TPSA) is 77.4 Å². The number of benzene rings is 1. The summed E-state index contributed by atoms with van der Waals surface area (Å²) in [4.78, 5) is 6.58. The number of morpholine rings is 1. The van der Waals surface area contributed by atoms with Crippen LogP contribution in [0, 0.1) is 0 Å². The summed E-state index contributed by atoms with van der Waals surface area (Å²) in [5, 5.41) is 3.96. The third-order valence-corrected chi connectivity index (χ3v) is 3.76. The van der Waals surface area contributed by atoms with E-state index in [4.69, 9.17) is 15.0 Å². The van der Waals surface area contributed by atoms with E-state index in [1.54, 1.807) is 0 Å². The molecule has 3 rings (SSSR count). The Morgan fingerprint density at radius 1 is 1.32 bits per heavy atom. The fraction of sp³-hybridized carbons (Fsp3) is 0.467. The van der Waals surface area contributed by atoms with Crippen molar-refractivity contribution in [2.75, 3.05) is 13.2 Å². The Morgan fingerprint density at radius 3 is 2.77 bits per heavy atom. The van der Waals surface area contributed by atoms with Crippen LogP contribution >= 0.6 is 12.4 Å². The summed E-state index contributed by atoms with van der Waals surface area (Å²) < 4.78 is 11.0. The maximum Gasteiger partial charge on any atom is 0.240 e. The van der Waals surface area contributed by atoms with E-state index in [0.717, 1.165) is 6.54 Å². The van der Waals surface area contributed by atoms with Gasteiger partial charge in [0, 0.05) is 12.6 Å². The largest absolute Gasteiger partial charge is 0.371 e. The van der Waals surface area contributed by atoms with Crippen molar-refractivity contribution in [1.82, 2.24) is 15.0 Å². The molecule has 7 heteroatoms. The van der Waals surface area contributed by atoms with E-state index in [1.807, 2.05) is 18.2 Å². The van der Waals surface area contributed by atoms with Gasteiger partial charge in [0.1, 0.15) is 0 Å². The van der Waals surface area contributed by atoms with Crippen molar-refractivity contribution in [1.29, 1.82) is 0 Å². The van der Waals surface area contributed by atoms with E-state index in [-0.39, 0.29) is 25.1 Å². The fourth-order valence-electron chi connectivity index (χ4n) is 2.52. The molecule has 0 spiro atoms. The molecule has 1 aliphatic heterocycles. The minimum absolute atomic E-state index is 0. The van der Waals surface area contributed by atoms with Gasteiger partial charge in [0.2, 0.25) is 5.89 Å². The third kappa shape index (κ3) is 3.84. The zero-order valence-electron chi connectivity index (χ0n) is 12.5. The van der Waals surface area contributed by atoms with Crippen molar-refractivity contribution in [2.24, 2.45) is 5.73 Å². The van der Waals surface area contributed by atoms with Gasteiger partial charge in [-0.1, -0.05) is 35.5 Å². The van der Waals surface area contributed by atoms with Gasteiger partial charge < -0.3 is 15.0 Å². The molecule has 1 saturated heterocycles. The highest BCUT2D eigenvalue weighted by Crippen LogP contribution is 2.25. The molecule has 0 saturated carbocycles. The summed E-state index contributed by atoms with van der Waals surface area (Å²) in [6.07, 6.45) is 0.0864. The van der Waals surface area contributed by atoms with Crippen LogP contribution in [0.25, 0.3) is 0 Å². The summed E-state index contributed by atoms with van der Waals surface area (Å²) in [5.41, 5.74) is 6.69. The molecular weight excluding hydrogens is 304 g/mol. The molecule has 2 N–H and O–H groups in total. The lowest BCUT2D eigenvalue weighted by molar-refractivity contribution is -0.0642. The van der Waals surface area contributed by atoms with Gasteiger partial charge in [-0.3, -0.25) is 4.90 Å². The Kier molecular flexibility index (Phi) is 5.90. The Bertz CT molecular complexity index is 578. The third-order valence-electron chi connectivity index (χ3n) is 3.76. The van der Waals surface area contributed by atoms with E-state index >= 15 is 0 Å². The van der Waals surface area contributed by atoms with Crippen molar-refractivity contribution in [2.45, 2.75) is 32.2 Å². The number of aromatic nitrogens is 2.